The maximum absolute atomic E-state index is 14.8. The number of nitrogens with zero attached hydrogens (tertiary/aromatic N) is 3. The number of urea groups is 1. The van der Waals surface area contributed by atoms with Crippen molar-refractivity contribution in [1.29, 1.82) is 0 Å². The van der Waals surface area contributed by atoms with Gasteiger partial charge in [-0.1, -0.05) is 105 Å². The van der Waals surface area contributed by atoms with E-state index in [4.69, 9.17) is 4.74 Å². The number of Topliss-reactive ketones (excluding diaryl/α,β-unsaturated/α-hetero) is 1. The predicted octanol–water partition coefficient (Wildman–Crippen LogP) is 4.47. The van der Waals surface area contributed by atoms with Gasteiger partial charge in [-0.15, -0.1) is 6.58 Å². The molecule has 1 aromatic rings. The second-order valence-electron chi connectivity index (χ2n) is 19.5. The van der Waals surface area contributed by atoms with E-state index in [9.17, 15) is 33.6 Å². The number of piperidine rings is 1. The smallest absolute Gasteiger partial charge is 0.410 e. The van der Waals surface area contributed by atoms with Crippen LogP contribution < -0.4 is 21.3 Å². The molecular formula is C45H69N7O8. The van der Waals surface area contributed by atoms with Gasteiger partial charge in [-0.05, 0) is 46.6 Å². The third-order valence-corrected chi connectivity index (χ3v) is 11.8. The number of fused-ring (bicyclic) bond motifs is 1. The standard InChI is InChI=1S/C45H69N7O8/c1-11-13-18-32(36(54)39(56)46-21-12-2)47-38(55)33-24-31(60-42(59)51-22-19-29-16-14-15-17-30(29)26-51)27-52(33)40(57)37(44(6,7)8)49-41(58)48-34(43(3,4)5)28-50-23-20-45(9,10)25-35(50)53/h12,14-17,31-34,37H,2,11,13,18-28H2,1,3-10H3,(H,46,56)(H,47,55)(H2,48,49,58)/t31-,32?,33+,34-,37-/m1/s1. The molecule has 4 N–H and O–H groups in total. The van der Waals surface area contributed by atoms with E-state index in [2.05, 4.69) is 41.7 Å². The molecule has 15 nitrogen and oxygen atoms in total. The van der Waals surface area contributed by atoms with Crippen LogP contribution in [0.15, 0.2) is 36.9 Å². The first kappa shape index (κ1) is 47.7. The number of carbonyl (C=O) groups is 7. The number of carbonyl (C=O) groups excluding carboxylic acids is 7. The molecule has 3 aliphatic heterocycles. The van der Waals surface area contributed by atoms with Crippen LogP contribution >= 0.6 is 0 Å². The maximum Gasteiger partial charge on any atom is 0.410 e. The highest BCUT2D eigenvalue weighted by molar-refractivity contribution is 6.38. The van der Waals surface area contributed by atoms with Gasteiger partial charge in [0.2, 0.25) is 23.5 Å². The lowest BCUT2D eigenvalue weighted by Crippen LogP contribution is -2.62. The number of likely N-dealkylation sites (tertiary alicyclic amines) is 2. The van der Waals surface area contributed by atoms with Crippen LogP contribution in [0.4, 0.5) is 9.59 Å². The normalized spacial score (nSPS) is 20.6. The molecule has 2 saturated heterocycles. The summed E-state index contributed by atoms with van der Waals surface area (Å²) in [7, 11) is 0. The van der Waals surface area contributed by atoms with Crippen molar-refractivity contribution in [2.75, 3.05) is 32.7 Å². The Hall–Kier alpha value is -4.95. The fourth-order valence-electron chi connectivity index (χ4n) is 7.87. The van der Waals surface area contributed by atoms with Crippen molar-refractivity contribution >= 4 is 41.5 Å². The van der Waals surface area contributed by atoms with Crippen LogP contribution in [0, 0.1) is 16.2 Å². The van der Waals surface area contributed by atoms with Gasteiger partial charge in [-0.2, -0.15) is 0 Å². The van der Waals surface area contributed by atoms with E-state index in [1.807, 2.05) is 52.0 Å². The number of benzene rings is 1. The van der Waals surface area contributed by atoms with Crippen LogP contribution in [-0.4, -0.2) is 119 Å². The maximum atomic E-state index is 14.8. The van der Waals surface area contributed by atoms with Crippen molar-refractivity contribution in [3.63, 3.8) is 0 Å². The Balaban J connectivity index is 1.58. The lowest BCUT2D eigenvalue weighted by Gasteiger charge is -2.41. The molecular weight excluding hydrogens is 767 g/mol. The van der Waals surface area contributed by atoms with E-state index in [-0.39, 0.29) is 37.3 Å². The molecule has 2 fully saturated rings. The minimum atomic E-state index is -1.20. The number of ketones is 1. The van der Waals surface area contributed by atoms with E-state index >= 15 is 0 Å². The van der Waals surface area contributed by atoms with E-state index in [0.29, 0.717) is 51.9 Å². The lowest BCUT2D eigenvalue weighted by molar-refractivity contribution is -0.143. The molecule has 3 heterocycles. The fraction of sp³-hybridized carbons (Fsp3) is 0.667. The minimum absolute atomic E-state index is 0.0280. The highest BCUT2D eigenvalue weighted by atomic mass is 16.6. The Morgan fingerprint density at radius 3 is 2.27 bits per heavy atom. The molecule has 3 aliphatic rings. The molecule has 1 unspecified atom stereocenters. The molecule has 1 aromatic carbocycles. The van der Waals surface area contributed by atoms with Gasteiger partial charge in [0.15, 0.2) is 0 Å². The monoisotopic (exact) mass is 836 g/mol. The molecule has 0 saturated carbocycles. The van der Waals surface area contributed by atoms with Gasteiger partial charge in [0.05, 0.1) is 18.6 Å². The summed E-state index contributed by atoms with van der Waals surface area (Å²) >= 11 is 0. The van der Waals surface area contributed by atoms with Crippen molar-refractivity contribution in [2.45, 2.75) is 144 Å². The van der Waals surface area contributed by atoms with Gasteiger partial charge in [-0.25, -0.2) is 9.59 Å². The Morgan fingerprint density at radius 2 is 1.65 bits per heavy atom. The van der Waals surface area contributed by atoms with Gasteiger partial charge in [0, 0.05) is 45.6 Å². The van der Waals surface area contributed by atoms with Crippen molar-refractivity contribution in [1.82, 2.24) is 36.0 Å². The van der Waals surface area contributed by atoms with Crippen molar-refractivity contribution in [2.24, 2.45) is 16.2 Å². The van der Waals surface area contributed by atoms with E-state index in [0.717, 1.165) is 17.5 Å². The summed E-state index contributed by atoms with van der Waals surface area (Å²) in [5.41, 5.74) is 0.761. The largest absolute Gasteiger partial charge is 0.444 e. The molecule has 0 radical (unpaired) electrons. The molecule has 332 valence electrons. The third-order valence-electron chi connectivity index (χ3n) is 11.8. The topological polar surface area (TPSA) is 187 Å². The van der Waals surface area contributed by atoms with Gasteiger partial charge in [0.1, 0.15) is 18.2 Å². The Bertz CT molecular complexity index is 1770. The summed E-state index contributed by atoms with van der Waals surface area (Å²) in [5.74, 6) is -2.92. The Labute approximate surface area is 356 Å². The zero-order valence-corrected chi connectivity index (χ0v) is 37.3. The third kappa shape index (κ3) is 12.8. The van der Waals surface area contributed by atoms with E-state index < -0.39 is 76.7 Å². The number of unbranched alkanes of at least 4 members (excludes halogenated alkanes) is 1. The van der Waals surface area contributed by atoms with Gasteiger partial charge in [-0.3, -0.25) is 24.0 Å². The van der Waals surface area contributed by atoms with Gasteiger partial charge < -0.3 is 40.7 Å². The SMILES string of the molecule is C=CCNC(=O)C(=O)C(CCCC)NC(=O)[C@@H]1C[C@@H](OC(=O)N2CCc3ccccc3C2)CN1C(=O)[C@@H](NC(=O)N[C@H](CN1CCC(C)(C)CC1=O)C(C)(C)C)C(C)(C)C. The van der Waals surface area contributed by atoms with Crippen LogP contribution in [0.1, 0.15) is 112 Å². The quantitative estimate of drug-likeness (QED) is 0.147. The number of amides is 7. The lowest BCUT2D eigenvalue weighted by atomic mass is 9.81. The molecule has 0 bridgehead atoms. The molecule has 7 amide bonds. The number of hydrogen-bond acceptors (Lipinski definition) is 8. The molecule has 15 heteroatoms. The number of hydrogen-bond donors (Lipinski definition) is 4. The van der Waals surface area contributed by atoms with Crippen LogP contribution in [0.2, 0.25) is 0 Å². The zero-order valence-electron chi connectivity index (χ0n) is 37.3. The molecule has 0 aromatic heterocycles. The van der Waals surface area contributed by atoms with Gasteiger partial charge in [0.25, 0.3) is 5.91 Å². The molecule has 5 atom stereocenters. The van der Waals surface area contributed by atoms with Gasteiger partial charge >= 0.3 is 12.1 Å². The average molecular weight is 836 g/mol. The first-order valence-electron chi connectivity index (χ1n) is 21.5. The summed E-state index contributed by atoms with van der Waals surface area (Å²) in [6.45, 7) is 22.5. The Kier molecular flexibility index (Phi) is 16.0. The zero-order chi connectivity index (χ0) is 44.6. The summed E-state index contributed by atoms with van der Waals surface area (Å²) in [6, 6.07) is 3.28. The fourth-order valence-corrected chi connectivity index (χ4v) is 7.87. The molecule has 4 rings (SSSR count). The van der Waals surface area contributed by atoms with Crippen LogP contribution in [-0.2, 0) is 41.7 Å². The molecule has 0 aliphatic carbocycles. The summed E-state index contributed by atoms with van der Waals surface area (Å²) in [4.78, 5) is 100. The van der Waals surface area contributed by atoms with Crippen molar-refractivity contribution in [3.8, 4) is 0 Å². The summed E-state index contributed by atoms with van der Waals surface area (Å²) in [6.07, 6.45) is 3.26. The van der Waals surface area contributed by atoms with Crippen LogP contribution in [0.3, 0.4) is 0 Å². The second-order valence-corrected chi connectivity index (χ2v) is 19.5. The van der Waals surface area contributed by atoms with E-state index in [1.165, 1.54) is 11.0 Å². The highest BCUT2D eigenvalue weighted by Gasteiger charge is 2.47. The predicted molar refractivity (Wildman–Crippen MR) is 228 cm³/mol. The first-order chi connectivity index (χ1) is 28.0. The van der Waals surface area contributed by atoms with Crippen LogP contribution in [0.25, 0.3) is 0 Å². The van der Waals surface area contributed by atoms with E-state index in [1.54, 1.807) is 30.6 Å². The first-order valence-corrected chi connectivity index (χ1v) is 21.5. The average Bonchev–Trinajstić information content (AvgIpc) is 3.60. The summed E-state index contributed by atoms with van der Waals surface area (Å²) in [5, 5.41) is 11.1. The summed E-state index contributed by atoms with van der Waals surface area (Å²) < 4.78 is 6.00. The Morgan fingerprint density at radius 1 is 0.967 bits per heavy atom. The van der Waals surface area contributed by atoms with Crippen LogP contribution in [0.5, 0.6) is 0 Å². The highest BCUT2D eigenvalue weighted by Crippen LogP contribution is 2.32. The second kappa shape index (κ2) is 20.1. The molecule has 60 heavy (non-hydrogen) atoms. The number of ether oxygens (including phenoxy) is 1. The number of rotatable bonds is 15. The minimum Gasteiger partial charge on any atom is -0.444 e. The molecule has 0 spiro atoms. The van der Waals surface area contributed by atoms with Crippen molar-refractivity contribution < 1.29 is 38.3 Å². The number of nitrogens with one attached hydrogen (secondary N) is 4. The van der Waals surface area contributed by atoms with Crippen molar-refractivity contribution in [3.05, 3.63) is 48.0 Å².